The summed E-state index contributed by atoms with van der Waals surface area (Å²) in [6.07, 6.45) is 5.32. The fourth-order valence-electron chi connectivity index (χ4n) is 3.67. The van der Waals surface area contributed by atoms with Gasteiger partial charge in [-0.1, -0.05) is 30.3 Å². The Bertz CT molecular complexity index is 1190. The summed E-state index contributed by atoms with van der Waals surface area (Å²) in [4.78, 5) is 24.4. The van der Waals surface area contributed by atoms with Crippen LogP contribution >= 0.6 is 11.9 Å². The van der Waals surface area contributed by atoms with E-state index < -0.39 is 5.92 Å². The van der Waals surface area contributed by atoms with Gasteiger partial charge in [0.1, 0.15) is 0 Å². The maximum atomic E-state index is 13.0. The molecule has 0 saturated carbocycles. The van der Waals surface area contributed by atoms with Crippen molar-refractivity contribution >= 4 is 28.9 Å². The minimum absolute atomic E-state index is 0.0750. The van der Waals surface area contributed by atoms with Crippen molar-refractivity contribution in [3.63, 3.8) is 0 Å². The summed E-state index contributed by atoms with van der Waals surface area (Å²) < 4.78 is 1.82. The van der Waals surface area contributed by atoms with Gasteiger partial charge in [0.2, 0.25) is 5.91 Å². The molecule has 2 aromatic heterocycles. The maximum Gasteiger partial charge on any atom is 0.233 e. The van der Waals surface area contributed by atoms with Crippen molar-refractivity contribution in [2.45, 2.75) is 23.9 Å². The first kappa shape index (κ1) is 18.8. The van der Waals surface area contributed by atoms with Crippen molar-refractivity contribution in [2.24, 2.45) is 0 Å². The molecule has 1 unspecified atom stereocenters. The van der Waals surface area contributed by atoms with Crippen molar-refractivity contribution in [3.8, 4) is 0 Å². The molecule has 1 aliphatic rings. The van der Waals surface area contributed by atoms with Crippen molar-refractivity contribution in [1.82, 2.24) is 24.1 Å². The van der Waals surface area contributed by atoms with E-state index in [1.54, 1.807) is 17.3 Å². The molecular weight excluding hydrogens is 398 g/mol. The Morgan fingerprint density at radius 3 is 2.63 bits per heavy atom. The Hall–Kier alpha value is -3.23. The molecule has 0 spiro atoms. The largest absolute Gasteiger partial charge is 0.395 e. The van der Waals surface area contributed by atoms with Crippen LogP contribution in [0.1, 0.15) is 22.7 Å². The Labute approximate surface area is 177 Å². The molecule has 7 nitrogen and oxygen atoms in total. The fourth-order valence-corrected chi connectivity index (χ4v) is 4.50. The highest BCUT2D eigenvalue weighted by Crippen LogP contribution is 2.29. The molecular formula is C22H19N5O2S. The molecule has 4 aromatic rings. The molecule has 3 heterocycles. The lowest BCUT2D eigenvalue weighted by Crippen LogP contribution is -2.32. The van der Waals surface area contributed by atoms with Gasteiger partial charge in [-0.2, -0.15) is 5.10 Å². The first-order valence-corrected chi connectivity index (χ1v) is 10.4. The van der Waals surface area contributed by atoms with E-state index in [1.165, 1.54) is 11.9 Å². The predicted molar refractivity (Wildman–Crippen MR) is 114 cm³/mol. The Kier molecular flexibility index (Phi) is 4.94. The number of rotatable bonds is 5. The van der Waals surface area contributed by atoms with Gasteiger partial charge in [0, 0.05) is 47.5 Å². The van der Waals surface area contributed by atoms with Gasteiger partial charge in [-0.15, -0.1) is 0 Å². The van der Waals surface area contributed by atoms with Crippen LogP contribution in [0.25, 0.3) is 11.0 Å². The second kappa shape index (κ2) is 7.89. The summed E-state index contributed by atoms with van der Waals surface area (Å²) in [6.45, 7) is 0.743. The highest BCUT2D eigenvalue weighted by molar-refractivity contribution is 7.97. The number of aliphatic hydroxyl groups excluding tert-OH is 1. The summed E-state index contributed by atoms with van der Waals surface area (Å²) in [7, 11) is 0. The summed E-state index contributed by atoms with van der Waals surface area (Å²) in [5.41, 5.74) is 4.45. The van der Waals surface area contributed by atoms with Crippen LogP contribution in [0.15, 0.2) is 72.0 Å². The molecule has 0 saturated heterocycles. The highest BCUT2D eigenvalue weighted by atomic mass is 32.2. The van der Waals surface area contributed by atoms with Gasteiger partial charge in [0.15, 0.2) is 0 Å². The third kappa shape index (κ3) is 3.55. The van der Waals surface area contributed by atoms with Gasteiger partial charge in [-0.25, -0.2) is 4.09 Å². The van der Waals surface area contributed by atoms with Gasteiger partial charge in [-0.3, -0.25) is 14.8 Å². The molecule has 0 aliphatic carbocycles. The number of hydrogen-bond donors (Lipinski definition) is 1. The topological polar surface area (TPSA) is 84.1 Å². The second-order valence-electron chi connectivity index (χ2n) is 7.14. The fraction of sp³-hybridized carbons (Fsp3) is 0.182. The number of nitrogens with zero attached hydrogens (tertiary/aromatic N) is 5. The molecule has 1 N–H and O–H groups in total. The number of hydrogen-bond acceptors (Lipinski definition) is 6. The number of aromatic nitrogens is 4. The van der Waals surface area contributed by atoms with E-state index in [9.17, 15) is 9.90 Å². The lowest BCUT2D eigenvalue weighted by molar-refractivity contribution is -0.134. The summed E-state index contributed by atoms with van der Waals surface area (Å²) in [5.74, 6) is -0.621. The Morgan fingerprint density at radius 1 is 1.07 bits per heavy atom. The van der Waals surface area contributed by atoms with Gasteiger partial charge in [-0.05, 0) is 23.8 Å². The lowest BCUT2D eigenvalue weighted by atomic mass is 9.98. The quantitative estimate of drug-likeness (QED) is 0.537. The lowest BCUT2D eigenvalue weighted by Gasteiger charge is -2.22. The number of carbonyl (C=O) groups is 1. The summed E-state index contributed by atoms with van der Waals surface area (Å²) in [5, 5.41) is 14.4. The third-order valence-electron chi connectivity index (χ3n) is 5.19. The maximum absolute atomic E-state index is 13.0. The van der Waals surface area contributed by atoms with E-state index in [1.807, 2.05) is 58.8 Å². The van der Waals surface area contributed by atoms with Crippen LogP contribution in [-0.4, -0.2) is 41.7 Å². The zero-order valence-electron chi connectivity index (χ0n) is 16.0. The molecule has 0 fully saturated rings. The Balaban J connectivity index is 1.29. The average molecular weight is 417 g/mol. The smallest absolute Gasteiger partial charge is 0.233 e. The van der Waals surface area contributed by atoms with E-state index in [2.05, 4.69) is 15.1 Å². The third-order valence-corrected chi connectivity index (χ3v) is 6.03. The number of fused-ring (bicyclic) bond motifs is 2. The predicted octanol–water partition coefficient (Wildman–Crippen LogP) is 3.00. The molecule has 8 heteroatoms. The number of carbonyl (C=O) groups excluding carboxylic acids is 1. The van der Waals surface area contributed by atoms with E-state index >= 15 is 0 Å². The van der Waals surface area contributed by atoms with E-state index in [4.69, 9.17) is 0 Å². The normalized spacial score (nSPS) is 14.1. The number of aliphatic hydroxyl groups is 1. The van der Waals surface area contributed by atoms with Crippen LogP contribution in [0, 0.1) is 0 Å². The van der Waals surface area contributed by atoms with Crippen LogP contribution in [0.5, 0.6) is 0 Å². The molecule has 1 atom stereocenters. The molecule has 30 heavy (non-hydrogen) atoms. The van der Waals surface area contributed by atoms with Gasteiger partial charge in [0.05, 0.1) is 35.8 Å². The van der Waals surface area contributed by atoms with Crippen molar-refractivity contribution < 1.29 is 9.90 Å². The van der Waals surface area contributed by atoms with E-state index in [0.717, 1.165) is 32.7 Å². The van der Waals surface area contributed by atoms with Crippen LogP contribution < -0.4 is 0 Å². The SMILES string of the molecule is O=C(C(CO)c1ccccc1)N1Cc2cn(Sc3ccc4nccnc4c3)nc2C1. The van der Waals surface area contributed by atoms with Gasteiger partial charge >= 0.3 is 0 Å². The van der Waals surface area contributed by atoms with Crippen molar-refractivity contribution in [3.05, 3.63) is 83.9 Å². The molecule has 0 radical (unpaired) electrons. The van der Waals surface area contributed by atoms with E-state index in [-0.39, 0.29) is 12.5 Å². The molecule has 1 aliphatic heterocycles. The standard InChI is InChI=1S/C22H19N5O2S/c28-14-18(15-4-2-1-3-5-15)22(29)26-11-16-12-27(25-21(16)13-26)30-17-6-7-19-20(10-17)24-9-8-23-19/h1-10,12,18,28H,11,13-14H2. The first-order valence-electron chi connectivity index (χ1n) is 9.62. The van der Waals surface area contributed by atoms with Crippen molar-refractivity contribution in [2.75, 3.05) is 6.61 Å². The summed E-state index contributed by atoms with van der Waals surface area (Å²) in [6, 6.07) is 15.3. The molecule has 1 amide bonds. The zero-order valence-corrected chi connectivity index (χ0v) is 16.9. The molecule has 0 bridgehead atoms. The van der Waals surface area contributed by atoms with Crippen LogP contribution in [0.4, 0.5) is 0 Å². The first-order chi connectivity index (χ1) is 14.7. The summed E-state index contributed by atoms with van der Waals surface area (Å²) >= 11 is 1.50. The Morgan fingerprint density at radius 2 is 1.87 bits per heavy atom. The van der Waals surface area contributed by atoms with E-state index in [0.29, 0.717) is 13.1 Å². The molecule has 5 rings (SSSR count). The zero-order chi connectivity index (χ0) is 20.5. The molecule has 150 valence electrons. The molecule has 2 aromatic carbocycles. The second-order valence-corrected chi connectivity index (χ2v) is 8.17. The van der Waals surface area contributed by atoms with Gasteiger partial charge in [0.25, 0.3) is 0 Å². The number of benzene rings is 2. The monoisotopic (exact) mass is 417 g/mol. The number of amides is 1. The van der Waals surface area contributed by atoms with Crippen LogP contribution in [0.3, 0.4) is 0 Å². The minimum atomic E-state index is -0.546. The van der Waals surface area contributed by atoms with Crippen LogP contribution in [-0.2, 0) is 17.9 Å². The van der Waals surface area contributed by atoms with Crippen molar-refractivity contribution in [1.29, 1.82) is 0 Å². The van der Waals surface area contributed by atoms with Gasteiger partial charge < -0.3 is 10.0 Å². The highest BCUT2D eigenvalue weighted by Gasteiger charge is 2.31. The minimum Gasteiger partial charge on any atom is -0.395 e. The average Bonchev–Trinajstić information content (AvgIpc) is 3.33. The van der Waals surface area contributed by atoms with Crippen LogP contribution in [0.2, 0.25) is 0 Å².